The van der Waals surface area contributed by atoms with Crippen molar-refractivity contribution in [2.24, 2.45) is 17.8 Å². The van der Waals surface area contributed by atoms with Crippen LogP contribution in [-0.4, -0.2) is 47.8 Å². The van der Waals surface area contributed by atoms with Crippen LogP contribution in [0.5, 0.6) is 0 Å². The molecule has 0 bridgehead atoms. The smallest absolute Gasteiger partial charge is 0.305 e. The lowest BCUT2D eigenvalue weighted by Gasteiger charge is -2.25. The Morgan fingerprint density at radius 2 is 1.33 bits per heavy atom. The molecule has 0 spiro atoms. The van der Waals surface area contributed by atoms with E-state index in [-0.39, 0.29) is 55.0 Å². The normalized spacial score (nSPS) is 13.1. The zero-order chi connectivity index (χ0) is 30.6. The van der Waals surface area contributed by atoms with Crippen molar-refractivity contribution in [1.82, 2.24) is 10.6 Å². The van der Waals surface area contributed by atoms with Gasteiger partial charge in [-0.3, -0.25) is 19.2 Å². The van der Waals surface area contributed by atoms with Crippen molar-refractivity contribution in [3.63, 3.8) is 0 Å². The molecule has 0 aliphatic carbocycles. The van der Waals surface area contributed by atoms with Gasteiger partial charge in [-0.1, -0.05) is 113 Å². The molecule has 0 unspecified atom stereocenters. The van der Waals surface area contributed by atoms with Gasteiger partial charge in [-0.25, -0.2) is 0 Å². The summed E-state index contributed by atoms with van der Waals surface area (Å²) in [6.45, 7) is 6.29. The first-order valence-corrected chi connectivity index (χ1v) is 14.6. The molecule has 0 aromatic heterocycles. The third-order valence-electron chi connectivity index (χ3n) is 7.38. The Bertz CT molecular complexity index is 1330. The molecule has 3 N–H and O–H groups in total. The fraction of sp³-hybridized carbons (Fsp3) is 0.353. The van der Waals surface area contributed by atoms with E-state index in [2.05, 4.69) is 10.6 Å². The number of carbonyl (C=O) groups is 4. The number of benzene rings is 3. The van der Waals surface area contributed by atoms with Crippen LogP contribution in [0.15, 0.2) is 84.9 Å². The van der Waals surface area contributed by atoms with Crippen LogP contribution in [0.25, 0.3) is 11.1 Å². The Hall–Kier alpha value is -4.04. The predicted octanol–water partition coefficient (Wildman–Crippen LogP) is 4.79. The highest BCUT2D eigenvalue weighted by Crippen LogP contribution is 2.23. The van der Waals surface area contributed by atoms with Gasteiger partial charge >= 0.3 is 6.92 Å². The second-order valence-electron chi connectivity index (χ2n) is 11.3. The Kier molecular flexibility index (Phi) is 12.2. The van der Waals surface area contributed by atoms with Crippen molar-refractivity contribution < 1.29 is 24.2 Å². The summed E-state index contributed by atoms with van der Waals surface area (Å²) < 4.78 is 0. The summed E-state index contributed by atoms with van der Waals surface area (Å²) in [4.78, 5) is 52.7. The molecule has 8 heteroatoms. The third-order valence-corrected chi connectivity index (χ3v) is 7.38. The summed E-state index contributed by atoms with van der Waals surface area (Å²) >= 11 is 0. The first kappa shape index (κ1) is 32.5. The summed E-state index contributed by atoms with van der Waals surface area (Å²) in [7, 11) is 0. The van der Waals surface area contributed by atoms with Gasteiger partial charge in [0.25, 0.3) is 0 Å². The van der Waals surface area contributed by atoms with Crippen LogP contribution < -0.4 is 10.6 Å². The highest BCUT2D eigenvalue weighted by Gasteiger charge is 2.31. The molecule has 0 aliphatic heterocycles. The minimum atomic E-state index is -0.853. The number of rotatable bonds is 15. The molecule has 2 amide bonds. The molecular formula is C34H41BN2O5. The number of Topliss-reactive ketones (excluding diaryl/α,β-unsaturated/α-hetero) is 2. The van der Waals surface area contributed by atoms with E-state index in [1.54, 1.807) is 25.9 Å². The molecule has 0 aliphatic rings. The highest BCUT2D eigenvalue weighted by atomic mass is 16.2. The van der Waals surface area contributed by atoms with E-state index in [4.69, 9.17) is 0 Å². The van der Waals surface area contributed by atoms with Crippen LogP contribution >= 0.6 is 0 Å². The Balaban J connectivity index is 1.72. The van der Waals surface area contributed by atoms with E-state index in [0.717, 1.165) is 16.7 Å². The van der Waals surface area contributed by atoms with Gasteiger partial charge in [0.05, 0.1) is 6.04 Å². The van der Waals surface area contributed by atoms with Gasteiger partial charge in [-0.2, -0.15) is 0 Å². The van der Waals surface area contributed by atoms with Gasteiger partial charge in [0.1, 0.15) is 0 Å². The summed E-state index contributed by atoms with van der Waals surface area (Å²) in [5, 5.41) is 15.0. The maximum atomic E-state index is 13.6. The molecule has 3 aromatic rings. The summed E-state index contributed by atoms with van der Waals surface area (Å²) in [5.74, 6) is -2.51. The maximum absolute atomic E-state index is 13.6. The van der Waals surface area contributed by atoms with Crippen LogP contribution in [0, 0.1) is 17.8 Å². The first-order chi connectivity index (χ1) is 20.0. The molecule has 42 heavy (non-hydrogen) atoms. The predicted molar refractivity (Wildman–Crippen MR) is 167 cm³/mol. The fourth-order valence-electron chi connectivity index (χ4n) is 4.76. The van der Waals surface area contributed by atoms with E-state index >= 15 is 0 Å². The minimum absolute atomic E-state index is 0.0125. The average Bonchev–Trinajstić information content (AvgIpc) is 2.98. The van der Waals surface area contributed by atoms with E-state index < -0.39 is 24.8 Å². The van der Waals surface area contributed by atoms with Crippen molar-refractivity contribution in [3.05, 3.63) is 96.1 Å². The van der Waals surface area contributed by atoms with Gasteiger partial charge in [-0.05, 0) is 29.0 Å². The molecular weight excluding hydrogens is 527 g/mol. The standard InChI is InChI=1S/C34H41BN2O5/c1-23(2)29(21-31(38)28-17-15-27(16-18-28)26-13-9-6-10-14-26)34(41)37-30(20-25-11-7-5-8-12-25)32(39)19-24(3)33(40)36-22-35(4)42/h5-18,23-24,29-30,42H,19-22H2,1-4H3,(H,36,40)(H,37,41)/t24-,29+,30+/m1/s1. The molecule has 0 saturated carbocycles. The van der Waals surface area contributed by atoms with Gasteiger partial charge in [0.2, 0.25) is 11.8 Å². The van der Waals surface area contributed by atoms with Crippen molar-refractivity contribution in [3.8, 4) is 11.1 Å². The zero-order valence-corrected chi connectivity index (χ0v) is 24.9. The van der Waals surface area contributed by atoms with Crippen molar-refractivity contribution in [2.75, 3.05) is 6.44 Å². The second-order valence-corrected chi connectivity index (χ2v) is 11.3. The van der Waals surface area contributed by atoms with Gasteiger partial charge in [0.15, 0.2) is 11.6 Å². The number of hydrogen-bond donors (Lipinski definition) is 3. The number of nitrogens with one attached hydrogen (secondary N) is 2. The molecule has 7 nitrogen and oxygen atoms in total. The molecule has 0 fully saturated rings. The summed E-state index contributed by atoms with van der Waals surface area (Å²) in [5.41, 5.74) is 3.46. The molecule has 0 saturated heterocycles. The molecule has 3 rings (SSSR count). The fourth-order valence-corrected chi connectivity index (χ4v) is 4.76. The monoisotopic (exact) mass is 568 g/mol. The lowest BCUT2D eigenvalue weighted by molar-refractivity contribution is -0.132. The molecule has 3 atom stereocenters. The van der Waals surface area contributed by atoms with Crippen molar-refractivity contribution >= 4 is 30.3 Å². The van der Waals surface area contributed by atoms with Crippen molar-refractivity contribution in [2.45, 2.75) is 52.9 Å². The minimum Gasteiger partial charge on any atom is -0.449 e. The SMILES string of the molecule is CB(O)CNC(=O)[C@H](C)CC(=O)[C@H](Cc1ccccc1)NC(=O)[C@@H](CC(=O)c1ccc(-c2ccccc2)cc1)C(C)C. The zero-order valence-electron chi connectivity index (χ0n) is 24.9. The van der Waals surface area contributed by atoms with E-state index in [0.29, 0.717) is 5.56 Å². The van der Waals surface area contributed by atoms with E-state index in [9.17, 15) is 24.2 Å². The largest absolute Gasteiger partial charge is 0.449 e. The van der Waals surface area contributed by atoms with E-state index in [1.165, 1.54) is 0 Å². The number of carbonyl (C=O) groups excluding carboxylic acids is 4. The van der Waals surface area contributed by atoms with Crippen LogP contribution in [0.4, 0.5) is 0 Å². The molecule has 0 radical (unpaired) electrons. The van der Waals surface area contributed by atoms with Gasteiger partial charge < -0.3 is 15.7 Å². The van der Waals surface area contributed by atoms with E-state index in [1.807, 2.05) is 86.6 Å². The number of ketones is 2. The maximum Gasteiger partial charge on any atom is 0.305 e. The summed E-state index contributed by atoms with van der Waals surface area (Å²) in [6.07, 6.45) is 0.314. The Morgan fingerprint density at radius 3 is 1.90 bits per heavy atom. The quantitative estimate of drug-likeness (QED) is 0.180. The van der Waals surface area contributed by atoms with Crippen molar-refractivity contribution in [1.29, 1.82) is 0 Å². The first-order valence-electron chi connectivity index (χ1n) is 14.6. The summed E-state index contributed by atoms with van der Waals surface area (Å²) in [6, 6.07) is 25.8. The molecule has 220 valence electrons. The Morgan fingerprint density at radius 1 is 0.762 bits per heavy atom. The molecule has 0 heterocycles. The highest BCUT2D eigenvalue weighted by molar-refractivity contribution is 6.49. The number of amides is 2. The lowest BCUT2D eigenvalue weighted by atomic mass is 9.72. The van der Waals surface area contributed by atoms with Crippen LogP contribution in [0.2, 0.25) is 6.82 Å². The lowest BCUT2D eigenvalue weighted by Crippen LogP contribution is -2.47. The van der Waals surface area contributed by atoms with Crippen LogP contribution in [-0.2, 0) is 20.8 Å². The topological polar surface area (TPSA) is 113 Å². The third kappa shape index (κ3) is 9.81. The van der Waals surface area contributed by atoms with Crippen LogP contribution in [0.3, 0.4) is 0 Å². The van der Waals surface area contributed by atoms with Gasteiger partial charge in [0, 0.05) is 36.7 Å². The average molecular weight is 569 g/mol. The van der Waals surface area contributed by atoms with Crippen LogP contribution in [0.1, 0.15) is 49.5 Å². The Labute approximate surface area is 249 Å². The number of hydrogen-bond acceptors (Lipinski definition) is 5. The molecule has 3 aromatic carbocycles. The second kappa shape index (κ2) is 15.8. The van der Waals surface area contributed by atoms with Gasteiger partial charge in [-0.15, -0.1) is 0 Å².